The fraction of sp³-hybridized carbons (Fsp3) is 0.400. The lowest BCUT2D eigenvalue weighted by Gasteiger charge is -1.85. The fourth-order valence-electron chi connectivity index (χ4n) is 0.642. The van der Waals surface area contributed by atoms with Gasteiger partial charge in [0.15, 0.2) is 0 Å². The first-order valence-electron chi connectivity index (χ1n) is 3.71. The minimum atomic E-state index is 0.977. The average molecular weight is 135 g/mol. The Kier molecular flexibility index (Phi) is 7.58. The number of unbranched alkanes of at least 4 members (excludes halogenated alkanes) is 2. The van der Waals surface area contributed by atoms with Gasteiger partial charge >= 0.3 is 0 Å². The summed E-state index contributed by atoms with van der Waals surface area (Å²) < 4.78 is 0. The molecule has 1 radical (unpaired) electrons. The summed E-state index contributed by atoms with van der Waals surface area (Å²) in [4.78, 5) is 0. The van der Waals surface area contributed by atoms with Crippen molar-refractivity contribution in [1.29, 1.82) is 0 Å². The Labute approximate surface area is 64.0 Å². The molecule has 0 aliphatic carbocycles. The second kappa shape index (κ2) is 8.22. The molecule has 0 aliphatic heterocycles. The maximum absolute atomic E-state index is 5.19. The Balaban J connectivity index is 3.03. The lowest BCUT2D eigenvalue weighted by Crippen LogP contribution is -1.65. The summed E-state index contributed by atoms with van der Waals surface area (Å²) in [5.74, 6) is 0. The van der Waals surface area contributed by atoms with Crippen molar-refractivity contribution in [2.75, 3.05) is 0 Å². The first-order valence-corrected chi connectivity index (χ1v) is 3.71. The van der Waals surface area contributed by atoms with Crippen LogP contribution in [0.25, 0.3) is 0 Å². The lowest BCUT2D eigenvalue weighted by molar-refractivity contribution is 1.01. The van der Waals surface area contributed by atoms with E-state index in [2.05, 4.69) is 18.7 Å². The summed E-state index contributed by atoms with van der Waals surface area (Å²) in [5.41, 5.74) is 0. The molecule has 0 saturated carbocycles. The van der Waals surface area contributed by atoms with Crippen LogP contribution in [0.2, 0.25) is 0 Å². The molecule has 0 aliphatic rings. The van der Waals surface area contributed by atoms with Gasteiger partial charge in [0, 0.05) is 0 Å². The molecule has 0 aromatic heterocycles. The molecule has 0 bridgehead atoms. The first kappa shape index (κ1) is 9.22. The summed E-state index contributed by atoms with van der Waals surface area (Å²) in [6, 6.07) is 0. The summed E-state index contributed by atoms with van der Waals surface area (Å²) in [5, 5.41) is 0. The van der Waals surface area contributed by atoms with E-state index in [1.807, 2.05) is 6.08 Å². The van der Waals surface area contributed by atoms with Crippen molar-refractivity contribution in [3.8, 4) is 0 Å². The van der Waals surface area contributed by atoms with Crippen LogP contribution in [0.4, 0.5) is 0 Å². The molecule has 0 fully saturated rings. The topological polar surface area (TPSA) is 0 Å². The molecule has 0 spiro atoms. The van der Waals surface area contributed by atoms with Gasteiger partial charge in [0.25, 0.3) is 0 Å². The van der Waals surface area contributed by atoms with Crippen LogP contribution < -0.4 is 0 Å². The second-order valence-electron chi connectivity index (χ2n) is 2.15. The van der Waals surface area contributed by atoms with Gasteiger partial charge in [0.1, 0.15) is 0 Å². The maximum atomic E-state index is 5.19. The number of hydrogen-bond acceptors (Lipinski definition) is 0. The molecule has 0 rings (SSSR count). The highest BCUT2D eigenvalue weighted by atomic mass is 13.8. The Morgan fingerprint density at radius 3 is 2.10 bits per heavy atom. The first-order chi connectivity index (χ1) is 4.91. The predicted octanol–water partition coefficient (Wildman–Crippen LogP) is 3.28. The van der Waals surface area contributed by atoms with Crippen LogP contribution in [0.3, 0.4) is 0 Å². The fourth-order valence-corrected chi connectivity index (χ4v) is 0.642. The molecule has 10 heavy (non-hydrogen) atoms. The highest BCUT2D eigenvalue weighted by Crippen LogP contribution is 1.95. The van der Waals surface area contributed by atoms with Crippen LogP contribution in [0, 0.1) is 6.58 Å². The Morgan fingerprint density at radius 1 is 1.00 bits per heavy atom. The van der Waals surface area contributed by atoms with Gasteiger partial charge in [0.2, 0.25) is 0 Å². The summed E-state index contributed by atoms with van der Waals surface area (Å²) >= 11 is 0. The third-order valence-electron chi connectivity index (χ3n) is 1.20. The standard InChI is InChI=1S/C10H15/c1-3-5-7-9-10-8-6-4-2/h1,3-4,9-10H,2,5-8H2. The van der Waals surface area contributed by atoms with E-state index in [1.54, 1.807) is 6.08 Å². The quantitative estimate of drug-likeness (QED) is 0.387. The smallest absolute Gasteiger partial charge is 0.0313 e. The largest absolute Gasteiger partial charge is 0.103 e. The van der Waals surface area contributed by atoms with Crippen molar-refractivity contribution >= 4 is 0 Å². The van der Waals surface area contributed by atoms with E-state index in [1.165, 1.54) is 0 Å². The van der Waals surface area contributed by atoms with Gasteiger partial charge in [-0.3, -0.25) is 0 Å². The zero-order valence-corrected chi connectivity index (χ0v) is 6.42. The third-order valence-corrected chi connectivity index (χ3v) is 1.20. The molecular weight excluding hydrogens is 120 g/mol. The van der Waals surface area contributed by atoms with Gasteiger partial charge in [-0.15, -0.1) is 6.58 Å². The van der Waals surface area contributed by atoms with Crippen molar-refractivity contribution in [2.45, 2.75) is 25.7 Å². The molecule has 55 valence electrons. The molecule has 0 N–H and O–H groups in total. The van der Waals surface area contributed by atoms with Crippen LogP contribution in [-0.4, -0.2) is 0 Å². The lowest BCUT2D eigenvalue weighted by atomic mass is 10.2. The van der Waals surface area contributed by atoms with Crippen molar-refractivity contribution in [2.24, 2.45) is 0 Å². The van der Waals surface area contributed by atoms with Crippen LogP contribution in [0.5, 0.6) is 0 Å². The van der Waals surface area contributed by atoms with E-state index >= 15 is 0 Å². The highest BCUT2D eigenvalue weighted by Gasteiger charge is 1.75. The number of rotatable bonds is 6. The van der Waals surface area contributed by atoms with E-state index in [-0.39, 0.29) is 0 Å². The molecule has 0 atom stereocenters. The minimum absolute atomic E-state index is 0.977. The van der Waals surface area contributed by atoms with Gasteiger partial charge in [-0.25, -0.2) is 0 Å². The molecule has 0 aromatic rings. The summed E-state index contributed by atoms with van der Waals surface area (Å²) in [7, 11) is 0. The third kappa shape index (κ3) is 7.22. The maximum Gasteiger partial charge on any atom is -0.0313 e. The summed E-state index contributed by atoms with van der Waals surface area (Å²) in [6.45, 7) is 8.83. The van der Waals surface area contributed by atoms with E-state index in [0.29, 0.717) is 0 Å². The van der Waals surface area contributed by atoms with Crippen molar-refractivity contribution < 1.29 is 0 Å². The Bertz CT molecular complexity index is 95.2. The monoisotopic (exact) mass is 135 g/mol. The molecule has 0 heterocycles. The Hall–Kier alpha value is -0.780. The van der Waals surface area contributed by atoms with Gasteiger partial charge in [-0.1, -0.05) is 30.9 Å². The minimum Gasteiger partial charge on any atom is -0.103 e. The average Bonchev–Trinajstić information content (AvgIpc) is 1.97. The van der Waals surface area contributed by atoms with Gasteiger partial charge < -0.3 is 0 Å². The zero-order chi connectivity index (χ0) is 7.66. The van der Waals surface area contributed by atoms with Gasteiger partial charge in [0.05, 0.1) is 0 Å². The predicted molar refractivity (Wildman–Crippen MR) is 46.7 cm³/mol. The molecule has 0 aromatic carbocycles. The zero-order valence-electron chi connectivity index (χ0n) is 6.42. The van der Waals surface area contributed by atoms with Crippen LogP contribution in [0.15, 0.2) is 30.9 Å². The van der Waals surface area contributed by atoms with Crippen molar-refractivity contribution in [1.82, 2.24) is 0 Å². The highest BCUT2D eigenvalue weighted by molar-refractivity contribution is 4.85. The molecule has 0 saturated heterocycles. The van der Waals surface area contributed by atoms with E-state index < -0.39 is 0 Å². The van der Waals surface area contributed by atoms with Crippen molar-refractivity contribution in [3.05, 3.63) is 37.5 Å². The molecule has 0 amide bonds. The number of allylic oxidation sites excluding steroid dienone is 4. The van der Waals surface area contributed by atoms with E-state index in [4.69, 9.17) is 6.58 Å². The van der Waals surface area contributed by atoms with Gasteiger partial charge in [-0.05, 0) is 25.7 Å². The van der Waals surface area contributed by atoms with Crippen molar-refractivity contribution in [3.63, 3.8) is 0 Å². The van der Waals surface area contributed by atoms with Crippen LogP contribution in [0.1, 0.15) is 25.7 Å². The molecule has 0 unspecified atom stereocenters. The molecule has 0 heteroatoms. The van der Waals surface area contributed by atoms with Crippen LogP contribution in [-0.2, 0) is 0 Å². The van der Waals surface area contributed by atoms with E-state index in [9.17, 15) is 0 Å². The van der Waals surface area contributed by atoms with E-state index in [0.717, 1.165) is 25.7 Å². The summed E-state index contributed by atoms with van der Waals surface area (Å²) in [6.07, 6.45) is 12.2. The molecule has 0 nitrogen and oxygen atoms in total. The SMILES string of the molecule is [CH]=CCCC=CCCC=C. The second-order valence-corrected chi connectivity index (χ2v) is 2.15. The van der Waals surface area contributed by atoms with Crippen LogP contribution >= 0.6 is 0 Å². The number of hydrogen-bond donors (Lipinski definition) is 0. The Morgan fingerprint density at radius 2 is 1.60 bits per heavy atom. The van der Waals surface area contributed by atoms with Gasteiger partial charge in [-0.2, -0.15) is 0 Å². The normalized spacial score (nSPS) is 10.0. The molecular formula is C10H15.